The molecule has 3 heteroatoms. The number of benzene rings is 1. The number of anilines is 1. The first kappa shape index (κ1) is 11.9. The van der Waals surface area contributed by atoms with Gasteiger partial charge in [0.15, 0.2) is 0 Å². The van der Waals surface area contributed by atoms with Crippen molar-refractivity contribution in [3.05, 3.63) is 36.4 Å². The van der Waals surface area contributed by atoms with E-state index in [2.05, 4.69) is 22.4 Å². The van der Waals surface area contributed by atoms with Crippen LogP contribution >= 0.6 is 0 Å². The Kier molecular flexibility index (Phi) is 4.33. The summed E-state index contributed by atoms with van der Waals surface area (Å²) in [4.78, 5) is 4.55. The maximum atomic E-state index is 5.01. The minimum Gasteiger partial charge on any atom is -0.385 e. The first-order chi connectivity index (χ1) is 8.40. The number of para-hydroxylation sites is 1. The van der Waals surface area contributed by atoms with Crippen LogP contribution in [0, 0.1) is 0 Å². The summed E-state index contributed by atoms with van der Waals surface area (Å²) in [7, 11) is 1.73. The van der Waals surface area contributed by atoms with Gasteiger partial charge in [0, 0.05) is 25.6 Å². The molecule has 0 unspecified atom stereocenters. The van der Waals surface area contributed by atoms with E-state index in [4.69, 9.17) is 4.74 Å². The normalized spacial score (nSPS) is 10.6. The van der Waals surface area contributed by atoms with Crippen LogP contribution in [0.1, 0.15) is 12.8 Å². The van der Waals surface area contributed by atoms with Crippen LogP contribution in [0.4, 0.5) is 5.82 Å². The second kappa shape index (κ2) is 6.21. The van der Waals surface area contributed by atoms with Crippen molar-refractivity contribution < 1.29 is 4.74 Å². The van der Waals surface area contributed by atoms with E-state index in [-0.39, 0.29) is 0 Å². The summed E-state index contributed by atoms with van der Waals surface area (Å²) in [5.74, 6) is 0.945. The molecule has 0 aliphatic heterocycles. The van der Waals surface area contributed by atoms with Crippen LogP contribution < -0.4 is 5.32 Å². The Bertz CT molecular complexity index is 470. The van der Waals surface area contributed by atoms with Gasteiger partial charge in [0.25, 0.3) is 0 Å². The minimum absolute atomic E-state index is 0.826. The second-order valence-corrected chi connectivity index (χ2v) is 4.02. The number of unbranched alkanes of at least 4 members (excludes halogenated alkanes) is 1. The van der Waals surface area contributed by atoms with Crippen LogP contribution in [0.25, 0.3) is 10.9 Å². The summed E-state index contributed by atoms with van der Waals surface area (Å²) >= 11 is 0. The number of aromatic nitrogens is 1. The van der Waals surface area contributed by atoms with Crippen molar-refractivity contribution in [1.29, 1.82) is 0 Å². The molecule has 0 saturated heterocycles. The monoisotopic (exact) mass is 230 g/mol. The lowest BCUT2D eigenvalue weighted by Gasteiger charge is -2.06. The first-order valence-corrected chi connectivity index (χ1v) is 5.99. The van der Waals surface area contributed by atoms with Crippen LogP contribution in [0.2, 0.25) is 0 Å². The van der Waals surface area contributed by atoms with Gasteiger partial charge in [-0.2, -0.15) is 0 Å². The fourth-order valence-electron chi connectivity index (χ4n) is 1.75. The highest BCUT2D eigenvalue weighted by molar-refractivity contribution is 5.79. The molecule has 0 aliphatic rings. The molecule has 1 aromatic heterocycles. The number of pyridine rings is 1. The van der Waals surface area contributed by atoms with Crippen molar-refractivity contribution >= 4 is 16.7 Å². The number of nitrogens with one attached hydrogen (secondary N) is 1. The summed E-state index contributed by atoms with van der Waals surface area (Å²) in [6.45, 7) is 1.77. The molecule has 3 nitrogen and oxygen atoms in total. The molecule has 17 heavy (non-hydrogen) atoms. The van der Waals surface area contributed by atoms with E-state index in [1.807, 2.05) is 24.3 Å². The van der Waals surface area contributed by atoms with Gasteiger partial charge in [-0.15, -0.1) is 0 Å². The van der Waals surface area contributed by atoms with Gasteiger partial charge in [-0.05, 0) is 31.0 Å². The molecule has 1 aromatic carbocycles. The molecular weight excluding hydrogens is 212 g/mol. The van der Waals surface area contributed by atoms with E-state index in [0.717, 1.165) is 37.3 Å². The Balaban J connectivity index is 1.90. The smallest absolute Gasteiger partial charge is 0.126 e. The van der Waals surface area contributed by atoms with E-state index >= 15 is 0 Å². The average Bonchev–Trinajstić information content (AvgIpc) is 2.38. The first-order valence-electron chi connectivity index (χ1n) is 5.99. The number of fused-ring (bicyclic) bond motifs is 1. The molecule has 0 radical (unpaired) electrons. The predicted molar refractivity (Wildman–Crippen MR) is 71.3 cm³/mol. The molecule has 0 saturated carbocycles. The van der Waals surface area contributed by atoms with Crippen molar-refractivity contribution in [2.75, 3.05) is 25.6 Å². The Hall–Kier alpha value is -1.61. The SMILES string of the molecule is COCCCCNc1ccc2ccccc2n1. The van der Waals surface area contributed by atoms with E-state index < -0.39 is 0 Å². The van der Waals surface area contributed by atoms with Crippen molar-refractivity contribution in [1.82, 2.24) is 4.98 Å². The highest BCUT2D eigenvalue weighted by Gasteiger charge is 1.96. The maximum absolute atomic E-state index is 5.01. The third kappa shape index (κ3) is 3.43. The van der Waals surface area contributed by atoms with Crippen LogP contribution in [0.15, 0.2) is 36.4 Å². The fourth-order valence-corrected chi connectivity index (χ4v) is 1.75. The van der Waals surface area contributed by atoms with Crippen molar-refractivity contribution in [2.45, 2.75) is 12.8 Å². The number of hydrogen-bond donors (Lipinski definition) is 1. The molecular formula is C14H18N2O. The number of ether oxygens (including phenoxy) is 1. The van der Waals surface area contributed by atoms with Gasteiger partial charge in [-0.25, -0.2) is 4.98 Å². The largest absolute Gasteiger partial charge is 0.385 e. The van der Waals surface area contributed by atoms with Crippen molar-refractivity contribution in [3.63, 3.8) is 0 Å². The lowest BCUT2D eigenvalue weighted by Crippen LogP contribution is -2.04. The van der Waals surface area contributed by atoms with Gasteiger partial charge in [0.1, 0.15) is 5.82 Å². The van der Waals surface area contributed by atoms with Crippen LogP contribution in [-0.2, 0) is 4.74 Å². The number of methoxy groups -OCH3 is 1. The zero-order valence-electron chi connectivity index (χ0n) is 10.1. The fraction of sp³-hybridized carbons (Fsp3) is 0.357. The van der Waals surface area contributed by atoms with Crippen LogP contribution in [0.3, 0.4) is 0 Å². The standard InChI is InChI=1S/C14H18N2O/c1-17-11-5-4-10-15-14-9-8-12-6-2-3-7-13(12)16-14/h2-3,6-9H,4-5,10-11H2,1H3,(H,15,16). The molecule has 0 aliphatic carbocycles. The van der Waals surface area contributed by atoms with E-state index in [9.17, 15) is 0 Å². The lowest BCUT2D eigenvalue weighted by molar-refractivity contribution is 0.194. The molecule has 90 valence electrons. The molecule has 0 atom stereocenters. The third-order valence-corrected chi connectivity index (χ3v) is 2.68. The van der Waals surface area contributed by atoms with E-state index in [1.54, 1.807) is 7.11 Å². The summed E-state index contributed by atoms with van der Waals surface area (Å²) in [6, 6.07) is 12.3. The molecule has 2 rings (SSSR count). The van der Waals surface area contributed by atoms with Gasteiger partial charge >= 0.3 is 0 Å². The molecule has 1 heterocycles. The molecule has 0 spiro atoms. The molecule has 0 bridgehead atoms. The number of nitrogens with zero attached hydrogens (tertiary/aromatic N) is 1. The number of hydrogen-bond acceptors (Lipinski definition) is 3. The van der Waals surface area contributed by atoms with Crippen LogP contribution in [-0.4, -0.2) is 25.2 Å². The Labute approximate surface area is 102 Å². The number of rotatable bonds is 6. The average molecular weight is 230 g/mol. The van der Waals surface area contributed by atoms with Gasteiger partial charge in [-0.3, -0.25) is 0 Å². The quantitative estimate of drug-likeness (QED) is 0.774. The Morgan fingerprint density at radius 2 is 2.00 bits per heavy atom. The lowest BCUT2D eigenvalue weighted by atomic mass is 10.2. The molecule has 1 N–H and O–H groups in total. The third-order valence-electron chi connectivity index (χ3n) is 2.68. The molecule has 2 aromatic rings. The van der Waals surface area contributed by atoms with Crippen molar-refractivity contribution in [3.8, 4) is 0 Å². The Morgan fingerprint density at radius 1 is 1.12 bits per heavy atom. The van der Waals surface area contributed by atoms with Crippen molar-refractivity contribution in [2.24, 2.45) is 0 Å². The maximum Gasteiger partial charge on any atom is 0.126 e. The van der Waals surface area contributed by atoms with Gasteiger partial charge in [0.2, 0.25) is 0 Å². The highest BCUT2D eigenvalue weighted by Crippen LogP contribution is 2.14. The summed E-state index contributed by atoms with van der Waals surface area (Å²) in [5, 5.41) is 4.51. The Morgan fingerprint density at radius 3 is 2.88 bits per heavy atom. The summed E-state index contributed by atoms with van der Waals surface area (Å²) < 4.78 is 5.01. The van der Waals surface area contributed by atoms with Gasteiger partial charge in [-0.1, -0.05) is 18.2 Å². The summed E-state index contributed by atoms with van der Waals surface area (Å²) in [6.07, 6.45) is 2.18. The zero-order chi connectivity index (χ0) is 11.9. The summed E-state index contributed by atoms with van der Waals surface area (Å²) in [5.41, 5.74) is 1.04. The van der Waals surface area contributed by atoms with Gasteiger partial charge < -0.3 is 10.1 Å². The topological polar surface area (TPSA) is 34.1 Å². The highest BCUT2D eigenvalue weighted by atomic mass is 16.5. The van der Waals surface area contributed by atoms with Gasteiger partial charge in [0.05, 0.1) is 5.52 Å². The zero-order valence-corrected chi connectivity index (χ0v) is 10.1. The molecule has 0 fully saturated rings. The second-order valence-electron chi connectivity index (χ2n) is 4.02. The van der Waals surface area contributed by atoms with E-state index in [0.29, 0.717) is 0 Å². The van der Waals surface area contributed by atoms with Crippen LogP contribution in [0.5, 0.6) is 0 Å². The molecule has 0 amide bonds. The predicted octanol–water partition coefficient (Wildman–Crippen LogP) is 3.07. The van der Waals surface area contributed by atoms with E-state index in [1.165, 1.54) is 5.39 Å². The minimum atomic E-state index is 0.826.